The normalized spacial score (nSPS) is 21.1. The van der Waals surface area contributed by atoms with Crippen molar-refractivity contribution >= 4 is 0 Å². The molecule has 0 amide bonds. The smallest absolute Gasteiger partial charge is 0.0950 e. The second-order valence-corrected chi connectivity index (χ2v) is 3.67. The Hall–Kier alpha value is -1.55. The zero-order chi connectivity index (χ0) is 9.80. The fourth-order valence-corrected chi connectivity index (χ4v) is 2.03. The third-order valence-corrected chi connectivity index (χ3v) is 2.77. The molecule has 1 nitrogen and oxygen atoms in total. The summed E-state index contributed by atoms with van der Waals surface area (Å²) in [4.78, 5) is 0. The van der Waals surface area contributed by atoms with Crippen LogP contribution in [0.3, 0.4) is 0 Å². The number of nitriles is 1. The number of hydrogen-bond acceptors (Lipinski definition) is 1. The lowest BCUT2D eigenvalue weighted by Gasteiger charge is -2.20. The molecule has 0 aromatic heterocycles. The van der Waals surface area contributed by atoms with Gasteiger partial charge < -0.3 is 0 Å². The van der Waals surface area contributed by atoms with Crippen LogP contribution in [0.25, 0.3) is 0 Å². The second-order valence-electron chi connectivity index (χ2n) is 3.67. The fraction of sp³-hybridized carbons (Fsp3) is 0.308. The van der Waals surface area contributed by atoms with E-state index in [-0.39, 0.29) is 0 Å². The van der Waals surface area contributed by atoms with Gasteiger partial charge in [0, 0.05) is 11.5 Å². The first-order valence-electron chi connectivity index (χ1n) is 5.07. The standard InChI is InChI=1S/C13H13N/c14-10-12-8-4-5-9-13(12)11-6-2-1-3-7-11/h1-3,6-8,13H,4-5,9H2. The summed E-state index contributed by atoms with van der Waals surface area (Å²) in [6.07, 6.45) is 5.46. The van der Waals surface area contributed by atoms with Gasteiger partial charge in [-0.3, -0.25) is 0 Å². The number of hydrogen-bond donors (Lipinski definition) is 0. The lowest BCUT2D eigenvalue weighted by molar-refractivity contribution is 0.636. The molecule has 1 atom stereocenters. The molecule has 0 fully saturated rings. The molecule has 0 N–H and O–H groups in total. The van der Waals surface area contributed by atoms with Crippen molar-refractivity contribution < 1.29 is 0 Å². The van der Waals surface area contributed by atoms with E-state index in [9.17, 15) is 0 Å². The summed E-state index contributed by atoms with van der Waals surface area (Å²) >= 11 is 0. The fourth-order valence-electron chi connectivity index (χ4n) is 2.03. The van der Waals surface area contributed by atoms with Gasteiger partial charge in [-0.15, -0.1) is 0 Å². The highest BCUT2D eigenvalue weighted by Crippen LogP contribution is 2.33. The summed E-state index contributed by atoms with van der Waals surface area (Å²) in [7, 11) is 0. The van der Waals surface area contributed by atoms with Crippen LogP contribution in [-0.4, -0.2) is 0 Å². The summed E-state index contributed by atoms with van der Waals surface area (Å²) in [5, 5.41) is 9.00. The molecular formula is C13H13N. The van der Waals surface area contributed by atoms with Crippen LogP contribution in [0.15, 0.2) is 42.0 Å². The lowest BCUT2D eigenvalue weighted by Crippen LogP contribution is -2.05. The van der Waals surface area contributed by atoms with Crippen molar-refractivity contribution in [2.45, 2.75) is 25.2 Å². The summed E-state index contributed by atoms with van der Waals surface area (Å²) in [5.41, 5.74) is 2.22. The minimum atomic E-state index is 0.343. The van der Waals surface area contributed by atoms with Crippen molar-refractivity contribution in [1.82, 2.24) is 0 Å². The molecule has 0 saturated heterocycles. The minimum absolute atomic E-state index is 0.343. The van der Waals surface area contributed by atoms with Crippen molar-refractivity contribution in [2.24, 2.45) is 0 Å². The maximum absolute atomic E-state index is 9.00. The molecule has 1 aliphatic rings. The Labute approximate surface area is 84.7 Å². The van der Waals surface area contributed by atoms with Gasteiger partial charge in [0.2, 0.25) is 0 Å². The molecule has 1 aromatic carbocycles. The summed E-state index contributed by atoms with van der Waals surface area (Å²) < 4.78 is 0. The van der Waals surface area contributed by atoms with Gasteiger partial charge in [-0.2, -0.15) is 5.26 Å². The number of nitrogens with zero attached hydrogens (tertiary/aromatic N) is 1. The molecule has 14 heavy (non-hydrogen) atoms. The van der Waals surface area contributed by atoms with Crippen LogP contribution in [0, 0.1) is 11.3 Å². The molecule has 0 heterocycles. The topological polar surface area (TPSA) is 23.8 Å². The van der Waals surface area contributed by atoms with E-state index in [2.05, 4.69) is 24.3 Å². The van der Waals surface area contributed by atoms with Crippen LogP contribution in [0.1, 0.15) is 30.7 Å². The Bertz CT molecular complexity index is 370. The van der Waals surface area contributed by atoms with Crippen molar-refractivity contribution in [2.75, 3.05) is 0 Å². The van der Waals surface area contributed by atoms with E-state index in [1.807, 2.05) is 18.2 Å². The largest absolute Gasteiger partial charge is 0.193 e. The van der Waals surface area contributed by atoms with Gasteiger partial charge in [-0.1, -0.05) is 36.4 Å². The second kappa shape index (κ2) is 4.11. The van der Waals surface area contributed by atoms with Gasteiger partial charge in [0.1, 0.15) is 0 Å². The highest BCUT2D eigenvalue weighted by atomic mass is 14.3. The summed E-state index contributed by atoms with van der Waals surface area (Å²) in [6, 6.07) is 12.6. The van der Waals surface area contributed by atoms with E-state index in [1.165, 1.54) is 12.0 Å². The van der Waals surface area contributed by atoms with Crippen molar-refractivity contribution in [3.63, 3.8) is 0 Å². The Kier molecular flexibility index (Phi) is 2.65. The van der Waals surface area contributed by atoms with Gasteiger partial charge in [0.25, 0.3) is 0 Å². The molecule has 1 aliphatic carbocycles. The summed E-state index contributed by atoms with van der Waals surface area (Å²) in [5.74, 6) is 0.343. The van der Waals surface area contributed by atoms with E-state index in [1.54, 1.807) is 0 Å². The molecule has 2 rings (SSSR count). The van der Waals surface area contributed by atoms with Crippen molar-refractivity contribution in [3.05, 3.63) is 47.5 Å². The van der Waals surface area contributed by atoms with Crippen LogP contribution in [0.4, 0.5) is 0 Å². The quantitative estimate of drug-likeness (QED) is 0.654. The molecule has 0 aliphatic heterocycles. The number of rotatable bonds is 1. The van der Waals surface area contributed by atoms with Gasteiger partial charge >= 0.3 is 0 Å². The highest BCUT2D eigenvalue weighted by Gasteiger charge is 2.18. The van der Waals surface area contributed by atoms with Gasteiger partial charge in [-0.05, 0) is 24.8 Å². The predicted molar refractivity (Wildman–Crippen MR) is 56.7 cm³/mol. The molecule has 0 spiro atoms. The Morgan fingerprint density at radius 1 is 1.21 bits per heavy atom. The minimum Gasteiger partial charge on any atom is -0.193 e. The van der Waals surface area contributed by atoms with Crippen molar-refractivity contribution in [1.29, 1.82) is 5.26 Å². The Morgan fingerprint density at radius 3 is 2.71 bits per heavy atom. The monoisotopic (exact) mass is 183 g/mol. The molecule has 1 aromatic rings. The van der Waals surface area contributed by atoms with Crippen LogP contribution in [-0.2, 0) is 0 Å². The first kappa shape index (κ1) is 9.02. The predicted octanol–water partition coefficient (Wildman–Crippen LogP) is 3.40. The average Bonchev–Trinajstić information content (AvgIpc) is 2.30. The average molecular weight is 183 g/mol. The first-order chi connectivity index (χ1) is 6.92. The van der Waals surface area contributed by atoms with E-state index < -0.39 is 0 Å². The van der Waals surface area contributed by atoms with E-state index in [0.29, 0.717) is 5.92 Å². The van der Waals surface area contributed by atoms with Gasteiger partial charge in [-0.25, -0.2) is 0 Å². The van der Waals surface area contributed by atoms with Gasteiger partial charge in [0.15, 0.2) is 0 Å². The molecule has 1 heteroatoms. The third kappa shape index (κ3) is 1.70. The van der Waals surface area contributed by atoms with E-state index in [0.717, 1.165) is 18.4 Å². The van der Waals surface area contributed by atoms with Crippen LogP contribution >= 0.6 is 0 Å². The Morgan fingerprint density at radius 2 is 2.00 bits per heavy atom. The molecule has 0 radical (unpaired) electrons. The van der Waals surface area contributed by atoms with Crippen LogP contribution < -0.4 is 0 Å². The van der Waals surface area contributed by atoms with E-state index in [4.69, 9.17) is 5.26 Å². The highest BCUT2D eigenvalue weighted by molar-refractivity contribution is 5.37. The number of benzene rings is 1. The molecule has 0 saturated carbocycles. The molecule has 1 unspecified atom stereocenters. The van der Waals surface area contributed by atoms with Crippen LogP contribution in [0.2, 0.25) is 0 Å². The first-order valence-corrected chi connectivity index (χ1v) is 5.07. The maximum Gasteiger partial charge on any atom is 0.0950 e. The van der Waals surface area contributed by atoms with Gasteiger partial charge in [0.05, 0.1) is 6.07 Å². The lowest BCUT2D eigenvalue weighted by atomic mass is 9.83. The number of allylic oxidation sites excluding steroid dienone is 2. The summed E-state index contributed by atoms with van der Waals surface area (Å²) in [6.45, 7) is 0. The third-order valence-electron chi connectivity index (χ3n) is 2.77. The van der Waals surface area contributed by atoms with E-state index >= 15 is 0 Å². The molecule has 70 valence electrons. The maximum atomic E-state index is 9.00. The molecular weight excluding hydrogens is 170 g/mol. The Balaban J connectivity index is 2.31. The van der Waals surface area contributed by atoms with Crippen molar-refractivity contribution in [3.8, 4) is 6.07 Å². The zero-order valence-corrected chi connectivity index (χ0v) is 8.11. The SMILES string of the molecule is N#CC1=CCCCC1c1ccccc1. The molecule has 0 bridgehead atoms. The zero-order valence-electron chi connectivity index (χ0n) is 8.11. The van der Waals surface area contributed by atoms with Crippen LogP contribution in [0.5, 0.6) is 0 Å².